The van der Waals surface area contributed by atoms with E-state index >= 15 is 0 Å². The Hall–Kier alpha value is -1.11. The summed E-state index contributed by atoms with van der Waals surface area (Å²) < 4.78 is 5.55. The van der Waals surface area contributed by atoms with Crippen molar-refractivity contribution in [1.29, 1.82) is 0 Å². The lowest BCUT2D eigenvalue weighted by Gasteiger charge is -2.34. The van der Waals surface area contributed by atoms with Gasteiger partial charge in [0.25, 0.3) is 5.91 Å². The lowest BCUT2D eigenvalue weighted by Crippen LogP contribution is -2.51. The molecule has 0 N–H and O–H groups in total. The van der Waals surface area contributed by atoms with Crippen molar-refractivity contribution in [3.8, 4) is 0 Å². The minimum atomic E-state index is -0.0804. The molecule has 0 spiro atoms. The second-order valence-corrected chi connectivity index (χ2v) is 6.02. The van der Waals surface area contributed by atoms with Crippen LogP contribution in [0.4, 0.5) is 0 Å². The monoisotopic (exact) mass is 374 g/mol. The van der Waals surface area contributed by atoms with E-state index in [1.165, 1.54) is 7.11 Å². The zero-order valence-electron chi connectivity index (χ0n) is 11.6. The van der Waals surface area contributed by atoms with Crippen LogP contribution in [0.25, 0.3) is 0 Å². The molecule has 1 heterocycles. The van der Waals surface area contributed by atoms with Crippen molar-refractivity contribution < 1.29 is 14.3 Å². The van der Waals surface area contributed by atoms with E-state index in [0.29, 0.717) is 36.8 Å². The average molecular weight is 376 g/mol. The van der Waals surface area contributed by atoms with Crippen LogP contribution in [0, 0.1) is 0 Å². The minimum absolute atomic E-state index is 0.0477. The highest BCUT2D eigenvalue weighted by Crippen LogP contribution is 2.23. The van der Waals surface area contributed by atoms with Gasteiger partial charge in [-0.15, -0.1) is 0 Å². The van der Waals surface area contributed by atoms with Gasteiger partial charge in [-0.2, -0.15) is 0 Å². The van der Waals surface area contributed by atoms with E-state index in [0.717, 1.165) is 4.47 Å². The van der Waals surface area contributed by atoms with E-state index in [-0.39, 0.29) is 18.4 Å². The maximum atomic E-state index is 12.5. The van der Waals surface area contributed by atoms with Gasteiger partial charge < -0.3 is 14.5 Å². The first-order valence-corrected chi connectivity index (χ1v) is 7.71. The third kappa shape index (κ3) is 3.96. The second-order valence-electron chi connectivity index (χ2n) is 4.73. The number of hydrogen-bond acceptors (Lipinski definition) is 3. The molecular weight excluding hydrogens is 360 g/mol. The quantitative estimate of drug-likeness (QED) is 0.812. The summed E-state index contributed by atoms with van der Waals surface area (Å²) in [6.45, 7) is 2.13. The lowest BCUT2D eigenvalue weighted by atomic mass is 10.2. The number of piperazine rings is 1. The lowest BCUT2D eigenvalue weighted by molar-refractivity contribution is -0.136. The Kier molecular flexibility index (Phi) is 5.61. The van der Waals surface area contributed by atoms with Gasteiger partial charge in [-0.1, -0.05) is 11.6 Å². The topological polar surface area (TPSA) is 49.9 Å². The minimum Gasteiger partial charge on any atom is -0.375 e. The third-order valence-corrected chi connectivity index (χ3v) is 4.27. The smallest absolute Gasteiger partial charge is 0.255 e. The average Bonchev–Trinajstić information content (AvgIpc) is 2.49. The Bertz CT molecular complexity index is 545. The predicted octanol–water partition coefficient (Wildman–Crippen LogP) is 2.03. The molecule has 1 aliphatic rings. The number of nitrogens with zero attached hydrogens (tertiary/aromatic N) is 2. The second kappa shape index (κ2) is 7.24. The molecule has 21 heavy (non-hydrogen) atoms. The van der Waals surface area contributed by atoms with Crippen LogP contribution < -0.4 is 0 Å². The van der Waals surface area contributed by atoms with E-state index in [9.17, 15) is 9.59 Å². The fourth-order valence-corrected chi connectivity index (χ4v) is 2.79. The summed E-state index contributed by atoms with van der Waals surface area (Å²) in [5.74, 6) is -0.128. The Morgan fingerprint density at radius 3 is 2.48 bits per heavy atom. The van der Waals surface area contributed by atoms with Crippen LogP contribution >= 0.6 is 27.5 Å². The highest BCUT2D eigenvalue weighted by molar-refractivity contribution is 9.10. The summed E-state index contributed by atoms with van der Waals surface area (Å²) in [7, 11) is 1.49. The van der Waals surface area contributed by atoms with Gasteiger partial charge in [0.15, 0.2) is 0 Å². The Morgan fingerprint density at radius 2 is 1.86 bits per heavy atom. The zero-order valence-corrected chi connectivity index (χ0v) is 14.0. The van der Waals surface area contributed by atoms with E-state index in [4.69, 9.17) is 16.3 Å². The van der Waals surface area contributed by atoms with E-state index < -0.39 is 0 Å². The number of halogens is 2. The molecule has 2 amide bonds. The van der Waals surface area contributed by atoms with E-state index in [1.807, 2.05) is 0 Å². The normalized spacial score (nSPS) is 15.2. The molecule has 0 unspecified atom stereocenters. The van der Waals surface area contributed by atoms with Gasteiger partial charge in [-0.3, -0.25) is 9.59 Å². The van der Waals surface area contributed by atoms with Gasteiger partial charge in [-0.25, -0.2) is 0 Å². The maximum Gasteiger partial charge on any atom is 0.255 e. The molecule has 0 radical (unpaired) electrons. The van der Waals surface area contributed by atoms with Crippen molar-refractivity contribution >= 4 is 39.3 Å². The Morgan fingerprint density at radius 1 is 1.24 bits per heavy atom. The molecule has 5 nitrogen and oxygen atoms in total. The molecule has 0 bridgehead atoms. The zero-order chi connectivity index (χ0) is 15.4. The Labute approximate surface area is 136 Å². The maximum absolute atomic E-state index is 12.5. The van der Waals surface area contributed by atoms with Gasteiger partial charge in [0, 0.05) is 42.8 Å². The number of methoxy groups -OCH3 is 1. The number of amides is 2. The SMILES string of the molecule is COCC(=O)N1CCN(C(=O)c2cc(Cl)ccc2Br)CC1. The number of rotatable bonds is 3. The molecule has 1 aromatic rings. The van der Waals surface area contributed by atoms with Gasteiger partial charge >= 0.3 is 0 Å². The van der Waals surface area contributed by atoms with Crippen LogP contribution in [0.2, 0.25) is 5.02 Å². The molecule has 0 atom stereocenters. The van der Waals surface area contributed by atoms with Crippen LogP contribution in [-0.4, -0.2) is 61.5 Å². The molecular formula is C14H16BrClN2O3. The number of ether oxygens (including phenoxy) is 1. The standard InChI is InChI=1S/C14H16BrClN2O3/c1-21-9-13(19)17-4-6-18(7-5-17)14(20)11-8-10(16)2-3-12(11)15/h2-3,8H,4-7,9H2,1H3. The Balaban J connectivity index is 2.00. The summed E-state index contributed by atoms with van der Waals surface area (Å²) in [5, 5.41) is 0.524. The molecule has 0 aliphatic carbocycles. The van der Waals surface area contributed by atoms with Crippen molar-refractivity contribution in [2.75, 3.05) is 39.9 Å². The molecule has 0 aromatic heterocycles. The van der Waals surface area contributed by atoms with Crippen LogP contribution in [0.15, 0.2) is 22.7 Å². The van der Waals surface area contributed by atoms with Gasteiger partial charge in [0.05, 0.1) is 5.56 Å². The summed E-state index contributed by atoms with van der Waals surface area (Å²) in [5.41, 5.74) is 0.541. The van der Waals surface area contributed by atoms with Crippen LogP contribution in [0.5, 0.6) is 0 Å². The number of benzene rings is 1. The van der Waals surface area contributed by atoms with Gasteiger partial charge in [0.2, 0.25) is 5.91 Å². The molecule has 7 heteroatoms. The molecule has 1 aromatic carbocycles. The summed E-state index contributed by atoms with van der Waals surface area (Å²) in [6.07, 6.45) is 0. The summed E-state index contributed by atoms with van der Waals surface area (Å²) >= 11 is 9.31. The highest BCUT2D eigenvalue weighted by Gasteiger charge is 2.25. The summed E-state index contributed by atoms with van der Waals surface area (Å²) in [4.78, 5) is 27.6. The fourth-order valence-electron chi connectivity index (χ4n) is 2.21. The van der Waals surface area contributed by atoms with Crippen LogP contribution in [-0.2, 0) is 9.53 Å². The molecule has 1 saturated heterocycles. The first-order chi connectivity index (χ1) is 10.0. The van der Waals surface area contributed by atoms with Crippen molar-refractivity contribution in [3.05, 3.63) is 33.3 Å². The predicted molar refractivity (Wildman–Crippen MR) is 83.5 cm³/mol. The number of carbonyl (C=O) groups excluding carboxylic acids is 2. The highest BCUT2D eigenvalue weighted by atomic mass is 79.9. The third-order valence-electron chi connectivity index (χ3n) is 3.35. The van der Waals surface area contributed by atoms with E-state index in [1.54, 1.807) is 28.0 Å². The molecule has 2 rings (SSSR count). The molecule has 1 aliphatic heterocycles. The van der Waals surface area contributed by atoms with Crippen molar-refractivity contribution in [2.45, 2.75) is 0 Å². The first-order valence-electron chi connectivity index (χ1n) is 6.54. The molecule has 1 fully saturated rings. The fraction of sp³-hybridized carbons (Fsp3) is 0.429. The van der Waals surface area contributed by atoms with Crippen molar-refractivity contribution in [1.82, 2.24) is 9.80 Å². The van der Waals surface area contributed by atoms with Crippen molar-refractivity contribution in [3.63, 3.8) is 0 Å². The van der Waals surface area contributed by atoms with Crippen LogP contribution in [0.3, 0.4) is 0 Å². The number of carbonyl (C=O) groups is 2. The van der Waals surface area contributed by atoms with Crippen molar-refractivity contribution in [2.24, 2.45) is 0 Å². The largest absolute Gasteiger partial charge is 0.375 e. The number of hydrogen-bond donors (Lipinski definition) is 0. The molecule has 114 valence electrons. The summed E-state index contributed by atoms with van der Waals surface area (Å²) in [6, 6.07) is 5.13. The van der Waals surface area contributed by atoms with Gasteiger partial charge in [0.1, 0.15) is 6.61 Å². The van der Waals surface area contributed by atoms with Crippen LogP contribution in [0.1, 0.15) is 10.4 Å². The first kappa shape index (κ1) is 16.3. The van der Waals surface area contributed by atoms with Gasteiger partial charge in [-0.05, 0) is 34.1 Å². The van der Waals surface area contributed by atoms with E-state index in [2.05, 4.69) is 15.9 Å². The molecule has 0 saturated carbocycles.